The molecule has 1 amide bonds. The Labute approximate surface area is 123 Å². The average molecular weight is 299 g/mol. The summed E-state index contributed by atoms with van der Waals surface area (Å²) in [6.45, 7) is 2.92. The lowest BCUT2D eigenvalue weighted by molar-refractivity contribution is -0.144. The minimum absolute atomic E-state index is 0.0230. The molecule has 1 rings (SSSR count). The molecule has 0 atom stereocenters. The number of carbonyl (C=O) groups is 2. The van der Waals surface area contributed by atoms with Crippen LogP contribution in [0.2, 0.25) is 0 Å². The minimum Gasteiger partial charge on any atom is -0.466 e. The van der Waals surface area contributed by atoms with Gasteiger partial charge in [0.1, 0.15) is 0 Å². The van der Waals surface area contributed by atoms with Crippen LogP contribution >= 0.6 is 11.3 Å². The maximum atomic E-state index is 12.2. The van der Waals surface area contributed by atoms with Gasteiger partial charge in [-0.3, -0.25) is 9.59 Å². The number of carbonyl (C=O) groups excluding carboxylic acids is 2. The zero-order chi connectivity index (χ0) is 14.8. The summed E-state index contributed by atoms with van der Waals surface area (Å²) < 4.78 is 4.86. The largest absolute Gasteiger partial charge is 0.466 e. The second-order valence-electron chi connectivity index (χ2n) is 4.27. The summed E-state index contributed by atoms with van der Waals surface area (Å²) in [5, 5.41) is 10.8. The summed E-state index contributed by atoms with van der Waals surface area (Å²) in [4.78, 5) is 26.2. The predicted molar refractivity (Wildman–Crippen MR) is 77.6 cm³/mol. The molecule has 0 saturated heterocycles. The van der Waals surface area contributed by atoms with E-state index >= 15 is 0 Å². The molecule has 0 unspecified atom stereocenters. The number of ether oxygens (including phenoxy) is 1. The van der Waals surface area contributed by atoms with Gasteiger partial charge in [0.15, 0.2) is 0 Å². The number of rotatable bonds is 9. The van der Waals surface area contributed by atoms with E-state index in [1.807, 2.05) is 17.5 Å². The first kappa shape index (κ1) is 16.7. The third-order valence-corrected chi connectivity index (χ3v) is 3.61. The van der Waals surface area contributed by atoms with Crippen LogP contribution < -0.4 is 0 Å². The lowest BCUT2D eigenvalue weighted by atomic mass is 10.2. The quantitative estimate of drug-likeness (QED) is 0.701. The van der Waals surface area contributed by atoms with Crippen LogP contribution in [0.5, 0.6) is 0 Å². The molecule has 0 radical (unpaired) electrons. The van der Waals surface area contributed by atoms with Gasteiger partial charge in [-0.2, -0.15) is 0 Å². The van der Waals surface area contributed by atoms with Gasteiger partial charge >= 0.3 is 5.97 Å². The van der Waals surface area contributed by atoms with Crippen molar-refractivity contribution in [3.05, 3.63) is 22.4 Å². The molecule has 5 nitrogen and oxygen atoms in total. The molecule has 1 aromatic heterocycles. The topological polar surface area (TPSA) is 66.8 Å². The van der Waals surface area contributed by atoms with Crippen LogP contribution in [-0.2, 0) is 20.7 Å². The van der Waals surface area contributed by atoms with Gasteiger partial charge in [-0.15, -0.1) is 11.3 Å². The SMILES string of the molecule is CCOC(=O)CCN(CCCO)C(=O)Cc1cccs1. The number of amides is 1. The zero-order valence-electron chi connectivity index (χ0n) is 11.7. The summed E-state index contributed by atoms with van der Waals surface area (Å²) in [5.41, 5.74) is 0. The fourth-order valence-electron chi connectivity index (χ4n) is 1.76. The molecular weight excluding hydrogens is 278 g/mol. The lowest BCUT2D eigenvalue weighted by Gasteiger charge is -2.21. The highest BCUT2D eigenvalue weighted by molar-refractivity contribution is 7.10. The number of aliphatic hydroxyl groups excluding tert-OH is 1. The summed E-state index contributed by atoms with van der Waals surface area (Å²) in [7, 11) is 0. The molecule has 1 N–H and O–H groups in total. The van der Waals surface area contributed by atoms with Gasteiger partial charge in [-0.1, -0.05) is 6.07 Å². The van der Waals surface area contributed by atoms with E-state index in [1.54, 1.807) is 11.8 Å². The van der Waals surface area contributed by atoms with Crippen molar-refractivity contribution in [2.24, 2.45) is 0 Å². The van der Waals surface area contributed by atoms with Gasteiger partial charge in [-0.25, -0.2) is 0 Å². The molecule has 0 fully saturated rings. The van der Waals surface area contributed by atoms with Crippen molar-refractivity contribution < 1.29 is 19.4 Å². The van der Waals surface area contributed by atoms with Crippen molar-refractivity contribution in [3.63, 3.8) is 0 Å². The minimum atomic E-state index is -0.301. The maximum Gasteiger partial charge on any atom is 0.307 e. The van der Waals surface area contributed by atoms with Crippen molar-refractivity contribution in [2.45, 2.75) is 26.2 Å². The zero-order valence-corrected chi connectivity index (χ0v) is 12.5. The Morgan fingerprint density at radius 1 is 1.40 bits per heavy atom. The number of hydrogen-bond donors (Lipinski definition) is 1. The fraction of sp³-hybridized carbons (Fsp3) is 0.571. The van der Waals surface area contributed by atoms with Crippen molar-refractivity contribution in [1.82, 2.24) is 4.90 Å². The highest BCUT2D eigenvalue weighted by Gasteiger charge is 2.16. The predicted octanol–water partition coefficient (Wildman–Crippen LogP) is 1.45. The van der Waals surface area contributed by atoms with Crippen LogP contribution in [-0.4, -0.2) is 48.2 Å². The maximum absolute atomic E-state index is 12.2. The lowest BCUT2D eigenvalue weighted by Crippen LogP contribution is -2.35. The van der Waals surface area contributed by atoms with E-state index < -0.39 is 0 Å². The Bertz CT molecular complexity index is 405. The fourth-order valence-corrected chi connectivity index (χ4v) is 2.45. The summed E-state index contributed by atoms with van der Waals surface area (Å²) in [5.74, 6) is -0.323. The molecule has 6 heteroatoms. The van der Waals surface area contributed by atoms with Crippen molar-refractivity contribution in [1.29, 1.82) is 0 Å². The third-order valence-electron chi connectivity index (χ3n) is 2.74. The Morgan fingerprint density at radius 2 is 2.20 bits per heavy atom. The Hall–Kier alpha value is -1.40. The van der Waals surface area contributed by atoms with Gasteiger partial charge in [0.05, 0.1) is 19.4 Å². The van der Waals surface area contributed by atoms with Crippen molar-refractivity contribution in [2.75, 3.05) is 26.3 Å². The number of esters is 1. The van der Waals surface area contributed by atoms with Gasteiger partial charge in [-0.05, 0) is 24.8 Å². The summed E-state index contributed by atoms with van der Waals surface area (Å²) in [6.07, 6.45) is 1.04. The molecule has 0 aromatic carbocycles. The van der Waals surface area contributed by atoms with Crippen LogP contribution in [0.3, 0.4) is 0 Å². The first-order valence-electron chi connectivity index (χ1n) is 6.74. The number of thiophene rings is 1. The van der Waals surface area contributed by atoms with E-state index in [0.717, 1.165) is 4.88 Å². The van der Waals surface area contributed by atoms with Crippen molar-refractivity contribution in [3.8, 4) is 0 Å². The molecule has 112 valence electrons. The smallest absolute Gasteiger partial charge is 0.307 e. The molecule has 0 spiro atoms. The van der Waals surface area contributed by atoms with Crippen LogP contribution in [0.4, 0.5) is 0 Å². The van der Waals surface area contributed by atoms with Crippen molar-refractivity contribution >= 4 is 23.2 Å². The number of nitrogens with zero attached hydrogens (tertiary/aromatic N) is 1. The van der Waals surface area contributed by atoms with Gasteiger partial charge < -0.3 is 14.7 Å². The van der Waals surface area contributed by atoms with Gasteiger partial charge in [0.25, 0.3) is 0 Å². The standard InChI is InChI=1S/C14H21NO4S/c1-2-19-14(18)6-8-15(7-4-9-16)13(17)11-12-5-3-10-20-12/h3,5,10,16H,2,4,6-9,11H2,1H3. The van der Waals surface area contributed by atoms with E-state index in [9.17, 15) is 9.59 Å². The molecule has 20 heavy (non-hydrogen) atoms. The van der Waals surface area contributed by atoms with Crippen LogP contribution in [0.25, 0.3) is 0 Å². The monoisotopic (exact) mass is 299 g/mol. The normalized spacial score (nSPS) is 10.3. The average Bonchev–Trinajstić information content (AvgIpc) is 2.92. The van der Waals surface area contributed by atoms with E-state index in [-0.39, 0.29) is 24.9 Å². The summed E-state index contributed by atoms with van der Waals surface area (Å²) >= 11 is 1.54. The molecule has 0 saturated carbocycles. The molecule has 1 heterocycles. The Morgan fingerprint density at radius 3 is 2.80 bits per heavy atom. The van der Waals surface area contributed by atoms with Crippen LogP contribution in [0.15, 0.2) is 17.5 Å². The highest BCUT2D eigenvalue weighted by atomic mass is 32.1. The molecule has 0 aliphatic carbocycles. The first-order chi connectivity index (χ1) is 9.67. The first-order valence-corrected chi connectivity index (χ1v) is 7.62. The highest BCUT2D eigenvalue weighted by Crippen LogP contribution is 2.11. The van der Waals surface area contributed by atoms with Gasteiger partial charge in [0.2, 0.25) is 5.91 Å². The second-order valence-corrected chi connectivity index (χ2v) is 5.30. The molecule has 0 aliphatic rings. The third kappa shape index (κ3) is 6.16. The van der Waals surface area contributed by atoms with E-state index in [0.29, 0.717) is 32.5 Å². The molecule has 1 aromatic rings. The molecule has 0 aliphatic heterocycles. The van der Waals surface area contributed by atoms with Crippen LogP contribution in [0.1, 0.15) is 24.6 Å². The molecular formula is C14H21NO4S. The summed E-state index contributed by atoms with van der Waals surface area (Å²) in [6, 6.07) is 3.82. The number of hydrogen-bond acceptors (Lipinski definition) is 5. The van der Waals surface area contributed by atoms with Gasteiger partial charge in [0, 0.05) is 24.6 Å². The Balaban J connectivity index is 2.49. The number of aliphatic hydroxyl groups is 1. The van der Waals surface area contributed by atoms with Crippen LogP contribution in [0, 0.1) is 0 Å². The Kier molecular flexibility index (Phi) is 7.91. The second kappa shape index (κ2) is 9.50. The van der Waals surface area contributed by atoms with E-state index in [1.165, 1.54) is 11.3 Å². The molecule has 0 bridgehead atoms. The van der Waals surface area contributed by atoms with E-state index in [4.69, 9.17) is 9.84 Å². The van der Waals surface area contributed by atoms with E-state index in [2.05, 4.69) is 0 Å².